The molecule has 134 valence electrons. The topological polar surface area (TPSA) is 76.4 Å². The third-order valence-corrected chi connectivity index (χ3v) is 6.80. The Morgan fingerprint density at radius 1 is 1.12 bits per heavy atom. The minimum absolute atomic E-state index is 0.0648. The zero-order valence-electron chi connectivity index (χ0n) is 13.4. The van der Waals surface area contributed by atoms with Gasteiger partial charge in [0, 0.05) is 22.4 Å². The van der Waals surface area contributed by atoms with Crippen LogP contribution in [-0.4, -0.2) is 14.2 Å². The lowest BCUT2D eigenvalue weighted by molar-refractivity contribution is 0.541. The van der Waals surface area contributed by atoms with Gasteiger partial charge in [0.25, 0.3) is 0 Å². The maximum atomic E-state index is 13.6. The Hall–Kier alpha value is -2.16. The highest BCUT2D eigenvalue weighted by Gasteiger charge is 2.26. The van der Waals surface area contributed by atoms with Gasteiger partial charge < -0.3 is 4.42 Å². The average molecular weight is 391 g/mol. The van der Waals surface area contributed by atoms with Crippen molar-refractivity contribution in [3.63, 3.8) is 0 Å². The van der Waals surface area contributed by atoms with E-state index in [2.05, 4.69) is 4.72 Å². The molecule has 1 unspecified atom stereocenters. The molecule has 0 saturated carbocycles. The van der Waals surface area contributed by atoms with Crippen LogP contribution in [0.1, 0.15) is 18.0 Å². The molecule has 1 atom stereocenters. The monoisotopic (exact) mass is 391 g/mol. The first-order chi connectivity index (χ1) is 12.4. The van der Waals surface area contributed by atoms with Crippen molar-refractivity contribution in [1.29, 1.82) is 0 Å². The van der Waals surface area contributed by atoms with Crippen LogP contribution >= 0.6 is 11.8 Å². The minimum Gasteiger partial charge on any atom is -0.423 e. The molecule has 0 bridgehead atoms. The van der Waals surface area contributed by atoms with Gasteiger partial charge in [0.05, 0.1) is 4.90 Å². The fourth-order valence-corrected chi connectivity index (χ4v) is 5.35. The number of sulfonamides is 1. The molecule has 26 heavy (non-hydrogen) atoms. The first-order valence-electron chi connectivity index (χ1n) is 7.91. The van der Waals surface area contributed by atoms with Crippen LogP contribution in [0.4, 0.5) is 4.39 Å². The van der Waals surface area contributed by atoms with E-state index >= 15 is 0 Å². The van der Waals surface area contributed by atoms with Gasteiger partial charge in [-0.25, -0.2) is 22.3 Å². The van der Waals surface area contributed by atoms with Crippen LogP contribution in [0, 0.1) is 5.82 Å². The van der Waals surface area contributed by atoms with Crippen molar-refractivity contribution < 1.29 is 17.2 Å². The molecule has 1 N–H and O–H groups in total. The molecule has 2 heterocycles. The maximum Gasteiger partial charge on any atom is 0.336 e. The number of nitrogens with one attached hydrogen (secondary N) is 1. The lowest BCUT2D eigenvalue weighted by Gasteiger charge is -2.25. The van der Waals surface area contributed by atoms with Crippen molar-refractivity contribution in [2.45, 2.75) is 22.3 Å². The molecule has 0 amide bonds. The van der Waals surface area contributed by atoms with E-state index < -0.39 is 27.5 Å². The van der Waals surface area contributed by atoms with Crippen LogP contribution in [0.2, 0.25) is 0 Å². The molecule has 0 radical (unpaired) electrons. The second kappa shape index (κ2) is 6.53. The summed E-state index contributed by atoms with van der Waals surface area (Å²) in [4.78, 5) is 12.2. The molecule has 1 aliphatic rings. The Morgan fingerprint density at radius 3 is 2.81 bits per heavy atom. The average Bonchev–Trinajstić information content (AvgIpc) is 2.61. The Morgan fingerprint density at radius 2 is 1.96 bits per heavy atom. The van der Waals surface area contributed by atoms with Crippen LogP contribution in [0.5, 0.6) is 0 Å². The summed E-state index contributed by atoms with van der Waals surface area (Å²) in [7, 11) is -3.82. The zero-order chi connectivity index (χ0) is 18.3. The summed E-state index contributed by atoms with van der Waals surface area (Å²) in [6, 6.07) is 11.0. The number of benzene rings is 2. The summed E-state index contributed by atoms with van der Waals surface area (Å²) in [5.74, 6) is 0.352. The first kappa shape index (κ1) is 17.3. The quantitative estimate of drug-likeness (QED) is 0.692. The van der Waals surface area contributed by atoms with Crippen LogP contribution in [0.15, 0.2) is 67.5 Å². The SMILES string of the molecule is O=c1ccc2cc(S(=O)(=O)NC3CCSc4ccc(F)cc43)ccc2o1. The number of rotatable bonds is 3. The second-order valence-corrected chi connectivity index (χ2v) is 8.80. The first-order valence-corrected chi connectivity index (χ1v) is 10.4. The lowest BCUT2D eigenvalue weighted by atomic mass is 10.0. The van der Waals surface area contributed by atoms with E-state index in [0.29, 0.717) is 23.0 Å². The Labute approximate surface area is 153 Å². The number of halogens is 1. The molecule has 0 fully saturated rings. The van der Waals surface area contributed by atoms with Crippen molar-refractivity contribution in [1.82, 2.24) is 4.72 Å². The highest BCUT2D eigenvalue weighted by Crippen LogP contribution is 2.37. The van der Waals surface area contributed by atoms with Gasteiger partial charge in [-0.3, -0.25) is 0 Å². The Kier molecular flexibility index (Phi) is 4.34. The molecule has 1 aromatic heterocycles. The van der Waals surface area contributed by atoms with Crippen molar-refractivity contribution in [2.24, 2.45) is 0 Å². The third-order valence-electron chi connectivity index (χ3n) is 4.21. The molecule has 4 rings (SSSR count). The minimum atomic E-state index is -3.82. The summed E-state index contributed by atoms with van der Waals surface area (Å²) in [5, 5.41) is 0.512. The molecule has 0 spiro atoms. The summed E-state index contributed by atoms with van der Waals surface area (Å²) < 4.78 is 46.9. The van der Waals surface area contributed by atoms with Crippen LogP contribution in [-0.2, 0) is 10.0 Å². The van der Waals surface area contributed by atoms with Crippen molar-refractivity contribution in [3.05, 3.63) is 70.3 Å². The molecule has 2 aromatic carbocycles. The maximum absolute atomic E-state index is 13.6. The normalized spacial score (nSPS) is 17.2. The number of hydrogen-bond acceptors (Lipinski definition) is 5. The van der Waals surface area contributed by atoms with Gasteiger partial charge in [0.2, 0.25) is 10.0 Å². The van der Waals surface area contributed by atoms with Crippen molar-refractivity contribution in [2.75, 3.05) is 5.75 Å². The van der Waals surface area contributed by atoms with Crippen LogP contribution < -0.4 is 10.3 Å². The Balaban J connectivity index is 1.69. The van der Waals surface area contributed by atoms with Crippen LogP contribution in [0.25, 0.3) is 11.0 Å². The van der Waals surface area contributed by atoms with Crippen molar-refractivity contribution in [3.8, 4) is 0 Å². The zero-order valence-corrected chi connectivity index (χ0v) is 15.1. The van der Waals surface area contributed by atoms with E-state index in [1.165, 1.54) is 42.5 Å². The molecule has 0 aliphatic carbocycles. The van der Waals surface area contributed by atoms with Crippen LogP contribution in [0.3, 0.4) is 0 Å². The fraction of sp³-hybridized carbons (Fsp3) is 0.167. The number of fused-ring (bicyclic) bond motifs is 2. The predicted molar refractivity (Wildman–Crippen MR) is 97.3 cm³/mol. The highest BCUT2D eigenvalue weighted by molar-refractivity contribution is 7.99. The summed E-state index contributed by atoms with van der Waals surface area (Å²) >= 11 is 1.58. The molecule has 1 aliphatic heterocycles. The van der Waals surface area contributed by atoms with Gasteiger partial charge in [-0.1, -0.05) is 0 Å². The third kappa shape index (κ3) is 3.27. The molecule has 3 aromatic rings. The molecular weight excluding hydrogens is 377 g/mol. The van der Waals surface area contributed by atoms with Gasteiger partial charge in [-0.15, -0.1) is 11.8 Å². The molecular formula is C18H14FNO4S2. The standard InChI is InChI=1S/C18H14FNO4S2/c19-12-2-5-17-14(10-12)15(7-8-25-17)20-26(22,23)13-3-4-16-11(9-13)1-6-18(21)24-16/h1-6,9-10,15,20H,7-8H2. The van der Waals surface area contributed by atoms with E-state index in [4.69, 9.17) is 4.42 Å². The van der Waals surface area contributed by atoms with E-state index in [1.807, 2.05) is 0 Å². The van der Waals surface area contributed by atoms with Gasteiger partial charge in [0.1, 0.15) is 11.4 Å². The fourth-order valence-electron chi connectivity index (χ4n) is 2.96. The number of hydrogen-bond donors (Lipinski definition) is 1. The largest absolute Gasteiger partial charge is 0.423 e. The van der Waals surface area contributed by atoms with E-state index in [-0.39, 0.29) is 4.90 Å². The highest BCUT2D eigenvalue weighted by atomic mass is 32.2. The van der Waals surface area contributed by atoms with E-state index in [1.54, 1.807) is 17.8 Å². The van der Waals surface area contributed by atoms with Crippen molar-refractivity contribution >= 4 is 32.8 Å². The lowest BCUT2D eigenvalue weighted by Crippen LogP contribution is -2.30. The van der Waals surface area contributed by atoms with Gasteiger partial charge in [-0.05, 0) is 60.2 Å². The van der Waals surface area contributed by atoms with Gasteiger partial charge in [-0.2, -0.15) is 0 Å². The smallest absolute Gasteiger partial charge is 0.336 e. The predicted octanol–water partition coefficient (Wildman–Crippen LogP) is 3.45. The Bertz CT molecular complexity index is 1160. The van der Waals surface area contributed by atoms with Gasteiger partial charge in [0.15, 0.2) is 0 Å². The number of thioether (sulfide) groups is 1. The van der Waals surface area contributed by atoms with E-state index in [9.17, 15) is 17.6 Å². The molecule has 0 saturated heterocycles. The molecule has 5 nitrogen and oxygen atoms in total. The van der Waals surface area contributed by atoms with Gasteiger partial charge >= 0.3 is 5.63 Å². The molecule has 8 heteroatoms. The summed E-state index contributed by atoms with van der Waals surface area (Å²) in [6.45, 7) is 0. The second-order valence-electron chi connectivity index (χ2n) is 5.95. The van der Waals surface area contributed by atoms with E-state index in [0.717, 1.165) is 10.6 Å². The summed E-state index contributed by atoms with van der Waals surface area (Å²) in [5.41, 5.74) is 0.471. The summed E-state index contributed by atoms with van der Waals surface area (Å²) in [6.07, 6.45) is 0.572.